The first-order valence-corrected chi connectivity index (χ1v) is 7.23. The molecule has 0 saturated heterocycles. The molecule has 1 N–H and O–H groups in total. The minimum atomic E-state index is -4.47. The van der Waals surface area contributed by atoms with Crippen LogP contribution in [0.25, 0.3) is 0 Å². The quantitative estimate of drug-likeness (QED) is 0.862. The van der Waals surface area contributed by atoms with Crippen LogP contribution in [0.4, 0.5) is 18.9 Å². The number of pyridine rings is 1. The Bertz CT molecular complexity index is 689. The van der Waals surface area contributed by atoms with Gasteiger partial charge in [-0.15, -0.1) is 0 Å². The van der Waals surface area contributed by atoms with Crippen molar-refractivity contribution in [2.45, 2.75) is 23.0 Å². The number of carbonyl (C=O) groups excluding carboxylic acids is 1. The first-order valence-electron chi connectivity index (χ1n) is 6.04. The molecule has 0 bridgehead atoms. The van der Waals surface area contributed by atoms with Crippen molar-refractivity contribution in [1.82, 2.24) is 4.98 Å². The maximum Gasteiger partial charge on any atom is 0.417 e. The molecule has 3 nitrogen and oxygen atoms in total. The molecule has 1 aromatic heterocycles. The van der Waals surface area contributed by atoms with Gasteiger partial charge in [0, 0.05) is 23.7 Å². The fourth-order valence-electron chi connectivity index (χ4n) is 1.58. The SMILES string of the molecule is CC(=O)Nc1ccc(Sc2ncc(C(F)(F)F)cc2Cl)cc1. The first kappa shape index (κ1) is 16.6. The van der Waals surface area contributed by atoms with E-state index in [1.807, 2.05) is 0 Å². The van der Waals surface area contributed by atoms with Crippen molar-refractivity contribution in [3.05, 3.63) is 47.1 Å². The highest BCUT2D eigenvalue weighted by atomic mass is 35.5. The van der Waals surface area contributed by atoms with E-state index >= 15 is 0 Å². The van der Waals surface area contributed by atoms with Crippen LogP contribution >= 0.6 is 23.4 Å². The van der Waals surface area contributed by atoms with Crippen molar-refractivity contribution in [3.8, 4) is 0 Å². The molecule has 0 fully saturated rings. The average molecular weight is 347 g/mol. The third-order valence-corrected chi connectivity index (χ3v) is 3.95. The normalized spacial score (nSPS) is 11.3. The molecule has 116 valence electrons. The number of rotatable bonds is 3. The zero-order valence-corrected chi connectivity index (χ0v) is 12.8. The Morgan fingerprint density at radius 2 is 1.91 bits per heavy atom. The van der Waals surface area contributed by atoms with Gasteiger partial charge in [0.2, 0.25) is 5.91 Å². The van der Waals surface area contributed by atoms with Crippen LogP contribution in [-0.4, -0.2) is 10.9 Å². The second-order valence-corrected chi connectivity index (χ2v) is 5.79. The van der Waals surface area contributed by atoms with Gasteiger partial charge >= 0.3 is 6.18 Å². The number of carbonyl (C=O) groups is 1. The maximum atomic E-state index is 12.5. The molecule has 0 unspecified atom stereocenters. The maximum absolute atomic E-state index is 12.5. The van der Waals surface area contributed by atoms with Crippen LogP contribution in [0.2, 0.25) is 5.02 Å². The van der Waals surface area contributed by atoms with Crippen molar-refractivity contribution in [3.63, 3.8) is 0 Å². The van der Waals surface area contributed by atoms with Crippen LogP contribution in [0.1, 0.15) is 12.5 Å². The summed E-state index contributed by atoms with van der Waals surface area (Å²) < 4.78 is 37.6. The number of hydrogen-bond donors (Lipinski definition) is 1. The van der Waals surface area contributed by atoms with Gasteiger partial charge in [0.05, 0.1) is 10.6 Å². The van der Waals surface area contributed by atoms with Gasteiger partial charge in [0.15, 0.2) is 0 Å². The third kappa shape index (κ3) is 4.38. The number of nitrogens with one attached hydrogen (secondary N) is 1. The van der Waals surface area contributed by atoms with Gasteiger partial charge in [-0.05, 0) is 30.3 Å². The molecule has 1 heterocycles. The van der Waals surface area contributed by atoms with Crippen LogP contribution in [0, 0.1) is 0 Å². The van der Waals surface area contributed by atoms with Crippen LogP contribution in [0.3, 0.4) is 0 Å². The molecule has 0 atom stereocenters. The Kier molecular flexibility index (Phi) is 4.97. The third-order valence-electron chi connectivity index (χ3n) is 2.52. The summed E-state index contributed by atoms with van der Waals surface area (Å²) in [5.74, 6) is -0.187. The van der Waals surface area contributed by atoms with Gasteiger partial charge in [-0.2, -0.15) is 13.2 Å². The number of amides is 1. The molecular weight excluding hydrogens is 337 g/mol. The molecule has 0 saturated carbocycles. The lowest BCUT2D eigenvalue weighted by molar-refractivity contribution is -0.137. The smallest absolute Gasteiger partial charge is 0.326 e. The molecule has 0 spiro atoms. The van der Waals surface area contributed by atoms with Crippen molar-refractivity contribution in [2.75, 3.05) is 5.32 Å². The van der Waals surface area contributed by atoms with Gasteiger partial charge in [-0.25, -0.2) is 4.98 Å². The second kappa shape index (κ2) is 6.58. The first-order chi connectivity index (χ1) is 10.3. The highest BCUT2D eigenvalue weighted by Gasteiger charge is 2.31. The van der Waals surface area contributed by atoms with E-state index in [1.54, 1.807) is 24.3 Å². The van der Waals surface area contributed by atoms with Crippen LogP contribution in [-0.2, 0) is 11.0 Å². The fraction of sp³-hybridized carbons (Fsp3) is 0.143. The van der Waals surface area contributed by atoms with E-state index in [0.29, 0.717) is 5.69 Å². The predicted molar refractivity (Wildman–Crippen MR) is 79.1 cm³/mol. The van der Waals surface area contributed by atoms with Gasteiger partial charge < -0.3 is 5.32 Å². The van der Waals surface area contributed by atoms with Crippen molar-refractivity contribution >= 4 is 35.0 Å². The Hall–Kier alpha value is -1.73. The second-order valence-electron chi connectivity index (χ2n) is 4.32. The monoisotopic (exact) mass is 346 g/mol. The zero-order chi connectivity index (χ0) is 16.3. The Morgan fingerprint density at radius 1 is 1.27 bits per heavy atom. The van der Waals surface area contributed by atoms with E-state index in [1.165, 1.54) is 6.92 Å². The number of halogens is 4. The topological polar surface area (TPSA) is 42.0 Å². The molecule has 1 aromatic carbocycles. The lowest BCUT2D eigenvalue weighted by atomic mass is 10.3. The van der Waals surface area contributed by atoms with Crippen molar-refractivity contribution in [1.29, 1.82) is 0 Å². The molecule has 2 aromatic rings. The van der Waals surface area contributed by atoms with E-state index in [0.717, 1.165) is 28.9 Å². The summed E-state index contributed by atoms with van der Waals surface area (Å²) in [6.45, 7) is 1.40. The lowest BCUT2D eigenvalue weighted by Crippen LogP contribution is -2.05. The van der Waals surface area contributed by atoms with Crippen LogP contribution in [0.15, 0.2) is 46.5 Å². The molecule has 2 rings (SSSR count). The number of anilines is 1. The molecule has 8 heteroatoms. The predicted octanol–water partition coefficient (Wildman–Crippen LogP) is 4.86. The highest BCUT2D eigenvalue weighted by molar-refractivity contribution is 7.99. The lowest BCUT2D eigenvalue weighted by Gasteiger charge is -2.09. The number of benzene rings is 1. The summed E-state index contributed by atoms with van der Waals surface area (Å²) in [6.07, 6.45) is -3.72. The molecule has 0 aliphatic heterocycles. The molecular formula is C14H10ClF3N2OS. The number of nitrogens with zero attached hydrogens (tertiary/aromatic N) is 1. The number of hydrogen-bond acceptors (Lipinski definition) is 3. The van der Waals surface area contributed by atoms with Gasteiger partial charge in [-0.1, -0.05) is 23.4 Å². The molecule has 0 aliphatic carbocycles. The average Bonchev–Trinajstić information content (AvgIpc) is 2.41. The van der Waals surface area contributed by atoms with Crippen LogP contribution in [0.5, 0.6) is 0 Å². The largest absolute Gasteiger partial charge is 0.417 e. The highest BCUT2D eigenvalue weighted by Crippen LogP contribution is 2.36. The van der Waals surface area contributed by atoms with E-state index in [4.69, 9.17) is 11.6 Å². The van der Waals surface area contributed by atoms with E-state index in [9.17, 15) is 18.0 Å². The van der Waals surface area contributed by atoms with E-state index in [2.05, 4.69) is 10.3 Å². The zero-order valence-electron chi connectivity index (χ0n) is 11.2. The van der Waals surface area contributed by atoms with Gasteiger partial charge in [0.25, 0.3) is 0 Å². The molecule has 0 radical (unpaired) electrons. The summed E-state index contributed by atoms with van der Waals surface area (Å²) >= 11 is 6.98. The molecule has 22 heavy (non-hydrogen) atoms. The minimum absolute atomic E-state index is 0.0641. The standard InChI is InChI=1S/C14H10ClF3N2OS/c1-8(21)20-10-2-4-11(5-3-10)22-13-12(15)6-9(7-19-13)14(16,17)18/h2-7H,1H3,(H,20,21). The minimum Gasteiger partial charge on any atom is -0.326 e. The summed E-state index contributed by atoms with van der Waals surface area (Å²) in [7, 11) is 0. The number of aromatic nitrogens is 1. The van der Waals surface area contributed by atoms with Crippen LogP contribution < -0.4 is 5.32 Å². The van der Waals surface area contributed by atoms with Gasteiger partial charge in [-0.3, -0.25) is 4.79 Å². The van der Waals surface area contributed by atoms with Crippen molar-refractivity contribution < 1.29 is 18.0 Å². The number of alkyl halides is 3. The summed E-state index contributed by atoms with van der Waals surface area (Å²) in [5.41, 5.74) is -0.258. The fourth-order valence-corrected chi connectivity index (χ4v) is 2.62. The molecule has 0 aliphatic rings. The Labute approximate surface area is 133 Å². The molecule has 1 amide bonds. The van der Waals surface area contributed by atoms with Crippen molar-refractivity contribution in [2.24, 2.45) is 0 Å². The van der Waals surface area contributed by atoms with E-state index in [-0.39, 0.29) is 16.0 Å². The Morgan fingerprint density at radius 3 is 2.41 bits per heavy atom. The van der Waals surface area contributed by atoms with E-state index < -0.39 is 11.7 Å². The summed E-state index contributed by atoms with van der Waals surface area (Å²) in [6, 6.07) is 7.64. The Balaban J connectivity index is 2.15. The summed E-state index contributed by atoms with van der Waals surface area (Å²) in [5, 5.41) is 2.83. The summed E-state index contributed by atoms with van der Waals surface area (Å²) in [4.78, 5) is 15.4. The van der Waals surface area contributed by atoms with Gasteiger partial charge in [0.1, 0.15) is 5.03 Å².